The van der Waals surface area contributed by atoms with Crippen LogP contribution in [-0.4, -0.2) is 33.5 Å². The van der Waals surface area contributed by atoms with Gasteiger partial charge in [-0.15, -0.1) is 0 Å². The van der Waals surface area contributed by atoms with Crippen LogP contribution in [0.25, 0.3) is 0 Å². The predicted octanol–water partition coefficient (Wildman–Crippen LogP) is 0.895. The minimum Gasteiger partial charge on any atom is -0.314 e. The summed E-state index contributed by atoms with van der Waals surface area (Å²) in [5.74, 6) is 1.02. The van der Waals surface area contributed by atoms with Gasteiger partial charge in [-0.1, -0.05) is 18.7 Å². The van der Waals surface area contributed by atoms with E-state index in [4.69, 9.17) is 0 Å². The molecule has 0 aliphatic carbocycles. The van der Waals surface area contributed by atoms with E-state index in [9.17, 15) is 0 Å². The zero-order chi connectivity index (χ0) is 8.81. The van der Waals surface area contributed by atoms with Crippen molar-refractivity contribution in [2.45, 2.75) is 25.0 Å². The van der Waals surface area contributed by atoms with Gasteiger partial charge in [0.1, 0.15) is 6.33 Å². The summed E-state index contributed by atoms with van der Waals surface area (Å²) in [7, 11) is 0. The molecule has 0 aliphatic rings. The molecule has 0 spiro atoms. The molecule has 1 unspecified atom stereocenters. The fraction of sp³-hybridized carbons (Fsp3) is 0.714. The van der Waals surface area contributed by atoms with Gasteiger partial charge in [-0.05, 0) is 13.5 Å². The molecule has 5 heteroatoms. The van der Waals surface area contributed by atoms with Crippen molar-refractivity contribution < 1.29 is 0 Å². The molecular formula is C7H14N4S. The molecule has 1 aromatic heterocycles. The molecule has 0 radical (unpaired) electrons. The van der Waals surface area contributed by atoms with Crippen molar-refractivity contribution in [3.8, 4) is 0 Å². The lowest BCUT2D eigenvalue weighted by molar-refractivity contribution is 0.619. The van der Waals surface area contributed by atoms with Crippen molar-refractivity contribution in [3.05, 3.63) is 6.33 Å². The first kappa shape index (κ1) is 9.54. The van der Waals surface area contributed by atoms with Crippen LogP contribution in [0.5, 0.6) is 0 Å². The molecule has 1 rings (SSSR count). The zero-order valence-corrected chi connectivity index (χ0v) is 8.19. The quantitative estimate of drug-likeness (QED) is 0.671. The van der Waals surface area contributed by atoms with Crippen LogP contribution >= 0.6 is 11.8 Å². The van der Waals surface area contributed by atoms with Crippen LogP contribution in [0.2, 0.25) is 0 Å². The average molecular weight is 186 g/mol. The van der Waals surface area contributed by atoms with Gasteiger partial charge in [0.05, 0.1) is 0 Å². The van der Waals surface area contributed by atoms with E-state index in [1.54, 1.807) is 11.8 Å². The first-order valence-electron chi connectivity index (χ1n) is 4.04. The summed E-state index contributed by atoms with van der Waals surface area (Å²) in [5.41, 5.74) is 0. The third kappa shape index (κ3) is 3.23. The molecule has 12 heavy (non-hydrogen) atoms. The Morgan fingerprint density at radius 3 is 3.17 bits per heavy atom. The highest BCUT2D eigenvalue weighted by molar-refractivity contribution is 7.99. The van der Waals surface area contributed by atoms with Crippen LogP contribution in [0.4, 0.5) is 0 Å². The molecule has 4 nitrogen and oxygen atoms in total. The maximum atomic E-state index is 4.02. The number of rotatable bonds is 5. The summed E-state index contributed by atoms with van der Waals surface area (Å²) in [6, 6.07) is 0.519. The van der Waals surface area contributed by atoms with Crippen molar-refractivity contribution in [1.29, 1.82) is 0 Å². The second kappa shape index (κ2) is 5.16. The Morgan fingerprint density at radius 2 is 2.58 bits per heavy atom. The summed E-state index contributed by atoms with van der Waals surface area (Å²) in [6.07, 6.45) is 1.53. The van der Waals surface area contributed by atoms with Gasteiger partial charge in [0.15, 0.2) is 5.16 Å². The van der Waals surface area contributed by atoms with E-state index >= 15 is 0 Å². The predicted molar refractivity (Wildman–Crippen MR) is 50.2 cm³/mol. The van der Waals surface area contributed by atoms with Gasteiger partial charge in [-0.25, -0.2) is 4.98 Å². The van der Waals surface area contributed by atoms with Gasteiger partial charge in [0, 0.05) is 11.8 Å². The molecule has 0 aliphatic heterocycles. The molecule has 0 bridgehead atoms. The minimum atomic E-state index is 0.519. The number of hydrogen-bond donors (Lipinski definition) is 2. The lowest BCUT2D eigenvalue weighted by Gasteiger charge is -2.09. The molecule has 0 aromatic carbocycles. The Hall–Kier alpha value is -0.550. The lowest BCUT2D eigenvalue weighted by atomic mass is 10.4. The monoisotopic (exact) mass is 186 g/mol. The largest absolute Gasteiger partial charge is 0.314 e. The summed E-state index contributed by atoms with van der Waals surface area (Å²) >= 11 is 1.68. The van der Waals surface area contributed by atoms with E-state index in [-0.39, 0.29) is 0 Å². The van der Waals surface area contributed by atoms with Gasteiger partial charge in [0.2, 0.25) is 0 Å². The molecule has 0 saturated carbocycles. The Bertz CT molecular complexity index is 199. The second-order valence-electron chi connectivity index (χ2n) is 2.56. The second-order valence-corrected chi connectivity index (χ2v) is 3.57. The topological polar surface area (TPSA) is 53.6 Å². The van der Waals surface area contributed by atoms with Gasteiger partial charge in [-0.3, -0.25) is 5.10 Å². The van der Waals surface area contributed by atoms with E-state index in [2.05, 4.69) is 34.3 Å². The molecule has 1 heterocycles. The number of thioether (sulfide) groups is 1. The van der Waals surface area contributed by atoms with Crippen LogP contribution < -0.4 is 5.32 Å². The number of nitrogens with zero attached hydrogens (tertiary/aromatic N) is 2. The van der Waals surface area contributed by atoms with Crippen LogP contribution in [0, 0.1) is 0 Å². The third-order valence-corrected chi connectivity index (χ3v) is 2.55. The van der Waals surface area contributed by atoms with Gasteiger partial charge in [0.25, 0.3) is 0 Å². The number of aromatic nitrogens is 3. The zero-order valence-electron chi connectivity index (χ0n) is 7.37. The van der Waals surface area contributed by atoms with Crippen molar-refractivity contribution in [2.75, 3.05) is 12.3 Å². The highest BCUT2D eigenvalue weighted by Crippen LogP contribution is 2.11. The first-order valence-corrected chi connectivity index (χ1v) is 5.03. The van der Waals surface area contributed by atoms with E-state index < -0.39 is 0 Å². The number of aromatic amines is 1. The van der Waals surface area contributed by atoms with Crippen molar-refractivity contribution in [3.63, 3.8) is 0 Å². The minimum absolute atomic E-state index is 0.519. The fourth-order valence-corrected chi connectivity index (χ4v) is 1.64. The fourth-order valence-electron chi connectivity index (χ4n) is 0.875. The summed E-state index contributed by atoms with van der Waals surface area (Å²) in [4.78, 5) is 4.02. The Kier molecular flexibility index (Phi) is 4.10. The standard InChI is InChI=1S/C7H14N4S/c1-3-8-6(2)4-12-7-9-5-10-11-7/h5-6,8H,3-4H2,1-2H3,(H,9,10,11). The Labute approximate surface area is 76.5 Å². The maximum absolute atomic E-state index is 4.02. The molecule has 2 N–H and O–H groups in total. The van der Waals surface area contributed by atoms with Crippen LogP contribution in [0.3, 0.4) is 0 Å². The Balaban J connectivity index is 2.17. The summed E-state index contributed by atoms with van der Waals surface area (Å²) in [6.45, 7) is 5.28. The number of hydrogen-bond acceptors (Lipinski definition) is 4. The molecule has 0 fully saturated rings. The van der Waals surface area contributed by atoms with Crippen molar-refractivity contribution >= 4 is 11.8 Å². The van der Waals surface area contributed by atoms with Gasteiger partial charge in [-0.2, -0.15) is 5.10 Å². The van der Waals surface area contributed by atoms with Crippen LogP contribution in [-0.2, 0) is 0 Å². The number of nitrogens with one attached hydrogen (secondary N) is 2. The van der Waals surface area contributed by atoms with Crippen LogP contribution in [0.1, 0.15) is 13.8 Å². The number of H-pyrrole nitrogens is 1. The SMILES string of the molecule is CCNC(C)CSc1ncn[nH]1. The van der Waals surface area contributed by atoms with E-state index in [0.717, 1.165) is 17.5 Å². The molecular weight excluding hydrogens is 172 g/mol. The van der Waals surface area contributed by atoms with Crippen molar-refractivity contribution in [1.82, 2.24) is 20.5 Å². The van der Waals surface area contributed by atoms with Gasteiger partial charge >= 0.3 is 0 Å². The summed E-state index contributed by atoms with van der Waals surface area (Å²) in [5, 5.41) is 10.8. The maximum Gasteiger partial charge on any atom is 0.183 e. The van der Waals surface area contributed by atoms with Crippen molar-refractivity contribution in [2.24, 2.45) is 0 Å². The molecule has 0 amide bonds. The highest BCUT2D eigenvalue weighted by atomic mass is 32.2. The third-order valence-electron chi connectivity index (χ3n) is 1.42. The normalized spacial score (nSPS) is 13.2. The molecule has 68 valence electrons. The van der Waals surface area contributed by atoms with E-state index in [1.807, 2.05) is 0 Å². The van der Waals surface area contributed by atoms with E-state index in [0.29, 0.717) is 6.04 Å². The van der Waals surface area contributed by atoms with Crippen LogP contribution in [0.15, 0.2) is 11.5 Å². The summed E-state index contributed by atoms with van der Waals surface area (Å²) < 4.78 is 0. The van der Waals surface area contributed by atoms with E-state index in [1.165, 1.54) is 6.33 Å². The highest BCUT2D eigenvalue weighted by Gasteiger charge is 2.01. The average Bonchev–Trinajstić information content (AvgIpc) is 2.53. The lowest BCUT2D eigenvalue weighted by Crippen LogP contribution is -2.27. The van der Waals surface area contributed by atoms with Gasteiger partial charge < -0.3 is 5.32 Å². The molecule has 1 aromatic rings. The molecule has 1 atom stereocenters. The Morgan fingerprint density at radius 1 is 1.75 bits per heavy atom. The molecule has 0 saturated heterocycles. The first-order chi connectivity index (χ1) is 5.83. The smallest absolute Gasteiger partial charge is 0.183 e.